The van der Waals surface area contributed by atoms with Crippen LogP contribution in [-0.2, 0) is 22.4 Å². The minimum absolute atomic E-state index is 0.0299. The number of para-hydroxylation sites is 1. The zero-order chi connectivity index (χ0) is 38.5. The molecule has 1 saturated carbocycles. The van der Waals surface area contributed by atoms with E-state index in [0.717, 1.165) is 51.6 Å². The van der Waals surface area contributed by atoms with Gasteiger partial charge in [-0.15, -0.1) is 0 Å². The van der Waals surface area contributed by atoms with E-state index in [-0.39, 0.29) is 53.8 Å². The summed E-state index contributed by atoms with van der Waals surface area (Å²) in [4.78, 5) is 34.1. The summed E-state index contributed by atoms with van der Waals surface area (Å²) < 4.78 is 65.0. The monoisotopic (exact) mass is 798 g/mol. The molecule has 4 heterocycles. The number of carbonyl (C=O) groups is 2. The molecule has 4 aromatic rings. The summed E-state index contributed by atoms with van der Waals surface area (Å²) in [5.74, 6) is -1.10. The predicted molar refractivity (Wildman–Crippen MR) is 199 cm³/mol. The third kappa shape index (κ3) is 9.48. The van der Waals surface area contributed by atoms with E-state index in [1.54, 1.807) is 48.8 Å². The predicted octanol–water partition coefficient (Wildman–Crippen LogP) is 9.25. The number of H-pyrrole nitrogens is 1. The van der Waals surface area contributed by atoms with Crippen molar-refractivity contribution in [2.24, 2.45) is 5.92 Å². The molecule has 3 saturated heterocycles. The molecule has 0 radical (unpaired) electrons. The van der Waals surface area contributed by atoms with Crippen LogP contribution in [0.1, 0.15) is 71.7 Å². The van der Waals surface area contributed by atoms with Gasteiger partial charge in [0.1, 0.15) is 28.1 Å². The van der Waals surface area contributed by atoms with Gasteiger partial charge in [0.2, 0.25) is 0 Å². The molecular weight excluding hydrogens is 758 g/mol. The van der Waals surface area contributed by atoms with Crippen molar-refractivity contribution in [3.05, 3.63) is 117 Å². The van der Waals surface area contributed by atoms with E-state index in [1.807, 2.05) is 0 Å². The fourth-order valence-electron chi connectivity index (χ4n) is 7.61. The number of hydrogen-bond donors (Lipinski definition) is 0. The average molecular weight is 800 g/mol. The number of piperidine rings is 3. The Morgan fingerprint density at radius 1 is 0.909 bits per heavy atom. The Hall–Kier alpha value is -4.52. The lowest BCUT2D eigenvalue weighted by molar-refractivity contribution is -0.377. The molecule has 1 N–H and O–H groups in total. The highest BCUT2D eigenvalue weighted by molar-refractivity contribution is 6.35. The summed E-state index contributed by atoms with van der Waals surface area (Å²) in [7, 11) is 0. The summed E-state index contributed by atoms with van der Waals surface area (Å²) >= 11 is 13.0. The van der Waals surface area contributed by atoms with Gasteiger partial charge in [-0.1, -0.05) is 53.5 Å². The van der Waals surface area contributed by atoms with Crippen molar-refractivity contribution in [1.82, 2.24) is 4.90 Å². The fraction of sp³-hybridized carbons (Fsp3) is 0.390. The number of nitrogens with zero attached hydrogens (tertiary/aromatic N) is 2. The highest BCUT2D eigenvalue weighted by atomic mass is 35.5. The van der Waals surface area contributed by atoms with E-state index < -0.39 is 30.6 Å². The smallest absolute Gasteiger partial charge is 0.415 e. The molecule has 14 heteroatoms. The summed E-state index contributed by atoms with van der Waals surface area (Å²) in [6.45, 7) is -0.593. The molecule has 2 bridgehead atoms. The van der Waals surface area contributed by atoms with Gasteiger partial charge in [0, 0.05) is 18.5 Å². The second-order valence-electron chi connectivity index (χ2n) is 14.1. The highest BCUT2D eigenvalue weighted by Crippen LogP contribution is 2.38. The molecule has 1 aliphatic carbocycles. The molecule has 0 spiro atoms. The number of hydrogen-bond acceptors (Lipinski definition) is 7. The van der Waals surface area contributed by atoms with Gasteiger partial charge in [0.05, 0.1) is 23.9 Å². The van der Waals surface area contributed by atoms with Crippen LogP contribution >= 0.6 is 23.2 Å². The van der Waals surface area contributed by atoms with Crippen LogP contribution in [0.4, 0.5) is 23.7 Å². The van der Waals surface area contributed by atoms with Gasteiger partial charge < -0.3 is 18.9 Å². The molecule has 1 amide bonds. The van der Waals surface area contributed by atoms with E-state index in [0.29, 0.717) is 33.3 Å². The van der Waals surface area contributed by atoms with Crippen LogP contribution in [0, 0.1) is 11.7 Å². The van der Waals surface area contributed by atoms with Gasteiger partial charge in [0.25, 0.3) is 0 Å². The van der Waals surface area contributed by atoms with Crippen LogP contribution in [0.3, 0.4) is 0 Å². The number of anilines is 1. The van der Waals surface area contributed by atoms with E-state index in [4.69, 9.17) is 42.1 Å². The Kier molecular flexibility index (Phi) is 12.3. The fourth-order valence-corrected chi connectivity index (χ4v) is 8.15. The van der Waals surface area contributed by atoms with Crippen molar-refractivity contribution >= 4 is 41.0 Å². The SMILES string of the molecule is O=C(O[C@@H](Cc1c(Cl)c[nH+]cc1Cl)c1ccc(OC(F)F)c(OC2CCCC2)c1)c1cccc(CN(C(=O)O[C@H]2CN3CCC2CC3)c2ccccc2F)c1. The Balaban J connectivity index is 1.16. The number of fused-ring (bicyclic) bond motifs is 3. The number of ether oxygens (including phenoxy) is 4. The van der Waals surface area contributed by atoms with Crippen LogP contribution in [0.25, 0.3) is 0 Å². The van der Waals surface area contributed by atoms with Crippen LogP contribution in [0.15, 0.2) is 79.1 Å². The Bertz CT molecular complexity index is 1970. The van der Waals surface area contributed by atoms with Crippen molar-refractivity contribution in [3.63, 3.8) is 0 Å². The van der Waals surface area contributed by atoms with Crippen molar-refractivity contribution in [1.29, 1.82) is 0 Å². The average Bonchev–Trinajstić information content (AvgIpc) is 3.69. The number of alkyl halides is 2. The van der Waals surface area contributed by atoms with Crippen molar-refractivity contribution in [2.45, 2.75) is 76.4 Å². The Morgan fingerprint density at radius 3 is 2.35 bits per heavy atom. The van der Waals surface area contributed by atoms with Crippen molar-refractivity contribution in [3.8, 4) is 11.5 Å². The zero-order valence-corrected chi connectivity index (χ0v) is 31.4. The molecular formula is C41H41Cl2F3N3O6+. The zero-order valence-electron chi connectivity index (χ0n) is 29.9. The maximum Gasteiger partial charge on any atom is 0.415 e. The number of halogens is 5. The van der Waals surface area contributed by atoms with Crippen LogP contribution in [0.5, 0.6) is 11.5 Å². The van der Waals surface area contributed by atoms with Gasteiger partial charge >= 0.3 is 18.7 Å². The first-order chi connectivity index (χ1) is 26.6. The van der Waals surface area contributed by atoms with Gasteiger partial charge in [-0.2, -0.15) is 8.78 Å². The molecule has 4 aliphatic rings. The van der Waals surface area contributed by atoms with Gasteiger partial charge in [-0.05, 0) is 105 Å². The largest absolute Gasteiger partial charge is 0.487 e. The number of amides is 1. The number of aromatic nitrogens is 1. The topological polar surface area (TPSA) is 91.7 Å². The summed E-state index contributed by atoms with van der Waals surface area (Å²) in [6.07, 6.45) is 6.27. The van der Waals surface area contributed by atoms with Crippen molar-refractivity contribution in [2.75, 3.05) is 24.5 Å². The first kappa shape index (κ1) is 38.7. The van der Waals surface area contributed by atoms with Crippen LogP contribution < -0.4 is 19.4 Å². The number of aromatic amines is 1. The van der Waals surface area contributed by atoms with E-state index >= 15 is 4.39 Å². The maximum atomic E-state index is 15.2. The van der Waals surface area contributed by atoms with Crippen LogP contribution in [0.2, 0.25) is 10.0 Å². The molecule has 1 aromatic heterocycles. The lowest BCUT2D eigenvalue weighted by atomic mass is 9.86. The summed E-state index contributed by atoms with van der Waals surface area (Å²) in [5.41, 5.74) is 1.64. The second kappa shape index (κ2) is 17.5. The molecule has 8 rings (SSSR count). The number of carbonyl (C=O) groups excluding carboxylic acids is 2. The van der Waals surface area contributed by atoms with E-state index in [1.165, 1.54) is 35.2 Å². The molecule has 2 atom stereocenters. The second-order valence-corrected chi connectivity index (χ2v) is 14.9. The van der Waals surface area contributed by atoms with Crippen LogP contribution in [-0.4, -0.2) is 55.4 Å². The first-order valence-corrected chi connectivity index (χ1v) is 19.2. The molecule has 3 aromatic carbocycles. The third-order valence-electron chi connectivity index (χ3n) is 10.5. The molecule has 0 unspecified atom stereocenters. The third-order valence-corrected chi connectivity index (χ3v) is 11.2. The van der Waals surface area contributed by atoms with Gasteiger partial charge in [-0.3, -0.25) is 9.80 Å². The molecule has 290 valence electrons. The Labute approximate surface area is 327 Å². The lowest BCUT2D eigenvalue weighted by Crippen LogP contribution is -2.53. The van der Waals surface area contributed by atoms with E-state index in [9.17, 15) is 18.4 Å². The Morgan fingerprint density at radius 2 is 1.65 bits per heavy atom. The van der Waals surface area contributed by atoms with Crippen molar-refractivity contribution < 1.29 is 46.7 Å². The normalized spacial score (nSPS) is 19.9. The minimum Gasteiger partial charge on any atom is -0.487 e. The number of rotatable bonds is 13. The van der Waals surface area contributed by atoms with E-state index in [2.05, 4.69) is 9.88 Å². The number of benzene rings is 3. The number of esters is 1. The summed E-state index contributed by atoms with van der Waals surface area (Å²) in [6, 6.07) is 16.9. The molecule has 55 heavy (non-hydrogen) atoms. The van der Waals surface area contributed by atoms with Gasteiger partial charge in [-0.25, -0.2) is 19.0 Å². The molecule has 9 nitrogen and oxygen atoms in total. The molecule has 3 aliphatic heterocycles. The quantitative estimate of drug-likeness (QED) is 0.125. The standard InChI is InChI=1S/C41H40Cl2F3N3O6/c42-31-21-47-22-32(43)30(31)20-36(27-12-13-35(54-40(45)46)37(19-27)52-29-8-1-2-9-29)53-39(50)28-7-5-6-25(18-28)23-49(34-11-4-3-10-33(34)44)41(51)55-38-24-48-16-14-26(38)15-17-48/h3-7,10-13,18-19,21-22,26,29,36,38,40H,1-2,8-9,14-17,20,23-24H2/p+1/t36-,38-/m0/s1. The highest BCUT2D eigenvalue weighted by Gasteiger charge is 2.38. The maximum absolute atomic E-state index is 15.2. The molecule has 4 fully saturated rings. The summed E-state index contributed by atoms with van der Waals surface area (Å²) in [5, 5.41) is 0.600. The lowest BCUT2D eigenvalue weighted by Gasteiger charge is -2.44. The number of nitrogens with one attached hydrogen (secondary N) is 1. The minimum atomic E-state index is -3.08. The first-order valence-electron chi connectivity index (χ1n) is 18.5. The van der Waals surface area contributed by atoms with Gasteiger partial charge in [0.15, 0.2) is 23.9 Å². The number of pyridine rings is 1.